The Morgan fingerprint density at radius 1 is 1.50 bits per heavy atom. The molecule has 0 saturated carbocycles. The van der Waals surface area contributed by atoms with Crippen LogP contribution in [0, 0.1) is 5.92 Å². The Kier molecular flexibility index (Phi) is 2.63. The lowest BCUT2D eigenvalue weighted by Gasteiger charge is -2.19. The lowest BCUT2D eigenvalue weighted by Crippen LogP contribution is -2.28. The number of hydrogen-bond acceptors (Lipinski definition) is 3. The van der Waals surface area contributed by atoms with Gasteiger partial charge in [-0.3, -0.25) is 0 Å². The van der Waals surface area contributed by atoms with Crippen LogP contribution in [0.25, 0.3) is 0 Å². The van der Waals surface area contributed by atoms with Gasteiger partial charge in [-0.25, -0.2) is 4.79 Å². The molecule has 3 heteroatoms. The topological polar surface area (TPSA) is 38.8 Å². The third-order valence-electron chi connectivity index (χ3n) is 4.57. The summed E-state index contributed by atoms with van der Waals surface area (Å²) in [6, 6.07) is 0. The molecular weight excluding hydrogens is 228 g/mol. The first-order valence-corrected chi connectivity index (χ1v) is 6.74. The van der Waals surface area contributed by atoms with E-state index in [0.29, 0.717) is 5.57 Å². The van der Waals surface area contributed by atoms with E-state index < -0.39 is 0 Å². The predicted molar refractivity (Wildman–Crippen MR) is 68.0 cm³/mol. The molecule has 2 aliphatic heterocycles. The van der Waals surface area contributed by atoms with Crippen molar-refractivity contribution >= 4 is 5.97 Å². The van der Waals surface area contributed by atoms with E-state index in [1.807, 2.05) is 0 Å². The number of fused-ring (bicyclic) bond motifs is 3. The molecule has 2 fully saturated rings. The second kappa shape index (κ2) is 3.95. The summed E-state index contributed by atoms with van der Waals surface area (Å²) in [5.74, 6) is -0.102. The zero-order valence-electron chi connectivity index (χ0n) is 11.1. The average Bonchev–Trinajstić information content (AvgIpc) is 2.90. The zero-order valence-corrected chi connectivity index (χ0v) is 11.1. The van der Waals surface area contributed by atoms with Crippen molar-refractivity contribution < 1.29 is 14.3 Å². The van der Waals surface area contributed by atoms with Gasteiger partial charge in [0.25, 0.3) is 0 Å². The Labute approximate surface area is 108 Å². The molecule has 2 unspecified atom stereocenters. The quantitative estimate of drug-likeness (QED) is 0.286. The lowest BCUT2D eigenvalue weighted by molar-refractivity contribution is -0.140. The van der Waals surface area contributed by atoms with Crippen molar-refractivity contribution in [2.75, 3.05) is 0 Å². The Hall–Kier alpha value is -1.09. The fraction of sp³-hybridized carbons (Fsp3) is 0.667. The second-order valence-corrected chi connectivity index (χ2v) is 5.98. The SMILES string of the molecule is C=C1C(=O)OC2C3O[C@]3(C)CCC=C(C)CC[C@@H]12. The van der Waals surface area contributed by atoms with Crippen LogP contribution in [0.1, 0.15) is 39.5 Å². The van der Waals surface area contributed by atoms with Crippen LogP contribution in [0.15, 0.2) is 23.8 Å². The van der Waals surface area contributed by atoms with E-state index >= 15 is 0 Å². The van der Waals surface area contributed by atoms with Crippen LogP contribution in [0.2, 0.25) is 0 Å². The highest BCUT2D eigenvalue weighted by Gasteiger charge is 2.61. The largest absolute Gasteiger partial charge is 0.455 e. The van der Waals surface area contributed by atoms with E-state index in [-0.39, 0.29) is 29.7 Å². The lowest BCUT2D eigenvalue weighted by atomic mass is 9.84. The van der Waals surface area contributed by atoms with Gasteiger partial charge in [-0.15, -0.1) is 0 Å². The van der Waals surface area contributed by atoms with Gasteiger partial charge in [0.2, 0.25) is 0 Å². The number of esters is 1. The maximum Gasteiger partial charge on any atom is 0.334 e. The highest BCUT2D eigenvalue weighted by Crippen LogP contribution is 2.49. The van der Waals surface area contributed by atoms with Gasteiger partial charge in [-0.05, 0) is 39.5 Å². The van der Waals surface area contributed by atoms with Crippen LogP contribution in [0.5, 0.6) is 0 Å². The Bertz CT molecular complexity index is 437. The molecule has 0 bridgehead atoms. The van der Waals surface area contributed by atoms with Crippen LogP contribution in [-0.2, 0) is 14.3 Å². The first kappa shape index (κ1) is 12.0. The van der Waals surface area contributed by atoms with Crippen molar-refractivity contribution in [1.29, 1.82) is 0 Å². The normalized spacial score (nSPS) is 43.7. The minimum atomic E-state index is -0.233. The number of rotatable bonds is 0. The van der Waals surface area contributed by atoms with Crippen molar-refractivity contribution in [1.82, 2.24) is 0 Å². The maximum atomic E-state index is 11.7. The number of carbonyl (C=O) groups is 1. The van der Waals surface area contributed by atoms with Crippen molar-refractivity contribution in [3.8, 4) is 0 Å². The van der Waals surface area contributed by atoms with Crippen LogP contribution < -0.4 is 0 Å². The van der Waals surface area contributed by atoms with Crippen molar-refractivity contribution in [2.45, 2.75) is 57.3 Å². The molecule has 98 valence electrons. The van der Waals surface area contributed by atoms with Gasteiger partial charge in [0.15, 0.2) is 0 Å². The van der Waals surface area contributed by atoms with E-state index in [1.165, 1.54) is 5.57 Å². The van der Waals surface area contributed by atoms with Crippen LogP contribution in [0.3, 0.4) is 0 Å². The monoisotopic (exact) mass is 248 g/mol. The van der Waals surface area contributed by atoms with E-state index in [9.17, 15) is 4.79 Å². The summed E-state index contributed by atoms with van der Waals surface area (Å²) in [7, 11) is 0. The van der Waals surface area contributed by atoms with E-state index in [2.05, 4.69) is 26.5 Å². The van der Waals surface area contributed by atoms with Gasteiger partial charge < -0.3 is 9.47 Å². The molecule has 2 saturated heterocycles. The summed E-state index contributed by atoms with van der Waals surface area (Å²) >= 11 is 0. The molecule has 4 atom stereocenters. The summed E-state index contributed by atoms with van der Waals surface area (Å²) in [4.78, 5) is 11.7. The van der Waals surface area contributed by atoms with Gasteiger partial charge >= 0.3 is 5.97 Å². The highest BCUT2D eigenvalue weighted by molar-refractivity contribution is 5.91. The molecule has 3 aliphatic rings. The van der Waals surface area contributed by atoms with Gasteiger partial charge in [0, 0.05) is 11.5 Å². The first-order chi connectivity index (χ1) is 8.51. The minimum absolute atomic E-state index is 0.0671. The molecular formula is C15H20O3. The van der Waals surface area contributed by atoms with Crippen LogP contribution in [0.4, 0.5) is 0 Å². The molecule has 0 aromatic heterocycles. The molecule has 0 aromatic carbocycles. The Balaban J connectivity index is 1.87. The van der Waals surface area contributed by atoms with Gasteiger partial charge in [0.1, 0.15) is 12.2 Å². The minimum Gasteiger partial charge on any atom is -0.455 e. The Morgan fingerprint density at radius 2 is 2.28 bits per heavy atom. The van der Waals surface area contributed by atoms with E-state index in [4.69, 9.17) is 9.47 Å². The molecule has 0 amide bonds. The molecule has 0 spiro atoms. The average molecular weight is 248 g/mol. The number of allylic oxidation sites excluding steroid dienone is 2. The van der Waals surface area contributed by atoms with Gasteiger partial charge in [-0.1, -0.05) is 18.2 Å². The molecule has 0 aromatic rings. The number of hydrogen-bond donors (Lipinski definition) is 0. The maximum absolute atomic E-state index is 11.7. The number of carbonyl (C=O) groups excluding carboxylic acids is 1. The highest BCUT2D eigenvalue weighted by atomic mass is 16.6. The summed E-state index contributed by atoms with van der Waals surface area (Å²) in [6.07, 6.45) is 6.25. The summed E-state index contributed by atoms with van der Waals surface area (Å²) in [6.45, 7) is 8.17. The standard InChI is InChI=1S/C15H20O3/c1-9-5-4-8-15(3)13(18-15)12-11(7-6-9)10(2)14(16)17-12/h5,11-13H,2,4,6-8H2,1,3H3/t11-,12?,13?,15+/m0/s1. The zero-order chi connectivity index (χ0) is 12.9. The number of ether oxygens (including phenoxy) is 2. The molecule has 0 N–H and O–H groups in total. The Morgan fingerprint density at radius 3 is 3.06 bits per heavy atom. The fourth-order valence-electron chi connectivity index (χ4n) is 3.20. The van der Waals surface area contributed by atoms with E-state index in [1.54, 1.807) is 0 Å². The van der Waals surface area contributed by atoms with Crippen LogP contribution in [-0.4, -0.2) is 23.8 Å². The molecule has 3 rings (SSSR count). The van der Waals surface area contributed by atoms with Gasteiger partial charge in [0.05, 0.1) is 5.60 Å². The molecule has 1 aliphatic carbocycles. The third kappa shape index (κ3) is 1.81. The van der Waals surface area contributed by atoms with Crippen molar-refractivity contribution in [3.05, 3.63) is 23.8 Å². The summed E-state index contributed by atoms with van der Waals surface area (Å²) in [5, 5.41) is 0. The van der Waals surface area contributed by atoms with E-state index in [0.717, 1.165) is 25.7 Å². The molecule has 0 radical (unpaired) electrons. The second-order valence-electron chi connectivity index (χ2n) is 5.98. The summed E-state index contributed by atoms with van der Waals surface area (Å²) < 4.78 is 11.3. The predicted octanol–water partition coefficient (Wildman–Crippen LogP) is 2.76. The number of epoxide rings is 1. The molecule has 3 nitrogen and oxygen atoms in total. The molecule has 2 heterocycles. The molecule has 18 heavy (non-hydrogen) atoms. The van der Waals surface area contributed by atoms with Crippen LogP contribution >= 0.6 is 0 Å². The van der Waals surface area contributed by atoms with Crippen molar-refractivity contribution in [3.63, 3.8) is 0 Å². The third-order valence-corrected chi connectivity index (χ3v) is 4.57. The smallest absolute Gasteiger partial charge is 0.334 e. The summed E-state index contributed by atoms with van der Waals surface area (Å²) in [5.41, 5.74) is 1.91. The first-order valence-electron chi connectivity index (χ1n) is 6.74. The fourth-order valence-corrected chi connectivity index (χ4v) is 3.20. The van der Waals surface area contributed by atoms with Crippen molar-refractivity contribution in [2.24, 2.45) is 5.92 Å². The van der Waals surface area contributed by atoms with Gasteiger partial charge in [-0.2, -0.15) is 0 Å².